The van der Waals surface area contributed by atoms with Gasteiger partial charge in [0.15, 0.2) is 5.78 Å². The summed E-state index contributed by atoms with van der Waals surface area (Å²) >= 11 is 0. The van der Waals surface area contributed by atoms with Crippen molar-refractivity contribution in [1.29, 1.82) is 0 Å². The maximum absolute atomic E-state index is 12.0. The number of carbonyl (C=O) groups excluding carboxylic acids is 2. The maximum Gasteiger partial charge on any atom is 0.313 e. The van der Waals surface area contributed by atoms with Gasteiger partial charge in [0.2, 0.25) is 0 Å². The van der Waals surface area contributed by atoms with Crippen LogP contribution in [0.3, 0.4) is 0 Å². The minimum Gasteiger partial charge on any atom is -0.494 e. The largest absolute Gasteiger partial charge is 0.494 e. The Bertz CT molecular complexity index is 443. The molecule has 0 spiro atoms. The van der Waals surface area contributed by atoms with E-state index < -0.39 is 5.97 Å². The van der Waals surface area contributed by atoms with Crippen LogP contribution in [0.1, 0.15) is 37.6 Å². The monoisotopic (exact) mass is 280 g/mol. The summed E-state index contributed by atoms with van der Waals surface area (Å²) in [7, 11) is 0. The smallest absolute Gasteiger partial charge is 0.313 e. The van der Waals surface area contributed by atoms with E-state index in [1.54, 1.807) is 25.1 Å². The molecule has 0 radical (unpaired) electrons. The predicted molar refractivity (Wildman–Crippen MR) is 74.4 cm³/mol. The molecule has 1 aromatic carbocycles. The molecule has 0 aliphatic carbocycles. The van der Waals surface area contributed by atoms with Gasteiger partial charge in [0.05, 0.1) is 19.8 Å². The van der Waals surface area contributed by atoms with Crippen LogP contribution < -0.4 is 9.47 Å². The molecule has 1 aromatic rings. The number of Topliss-reactive ketones (excluding diaryl/α,β-unsaturated/α-hetero) is 1. The number of benzene rings is 1. The first-order chi connectivity index (χ1) is 9.60. The minimum atomic E-state index is -0.530. The zero-order chi connectivity index (χ0) is 15.0. The lowest BCUT2D eigenvalue weighted by Gasteiger charge is -2.10. The van der Waals surface area contributed by atoms with Gasteiger partial charge >= 0.3 is 5.97 Å². The van der Waals surface area contributed by atoms with Gasteiger partial charge in [0, 0.05) is 11.6 Å². The van der Waals surface area contributed by atoms with Gasteiger partial charge in [-0.15, -0.1) is 0 Å². The molecule has 0 aliphatic heterocycles. The van der Waals surface area contributed by atoms with E-state index in [1.807, 2.05) is 13.8 Å². The van der Waals surface area contributed by atoms with E-state index in [9.17, 15) is 9.59 Å². The molecule has 1 rings (SSSR count). The van der Waals surface area contributed by atoms with Crippen molar-refractivity contribution >= 4 is 11.8 Å². The normalized spacial score (nSPS) is 9.95. The second-order valence-corrected chi connectivity index (χ2v) is 3.96. The topological polar surface area (TPSA) is 61.8 Å². The van der Waals surface area contributed by atoms with Crippen LogP contribution in [0.5, 0.6) is 11.5 Å². The van der Waals surface area contributed by atoms with Crippen LogP contribution in [0.2, 0.25) is 0 Å². The van der Waals surface area contributed by atoms with E-state index in [0.29, 0.717) is 30.3 Å². The Morgan fingerprint density at radius 2 is 1.45 bits per heavy atom. The van der Waals surface area contributed by atoms with E-state index in [0.717, 1.165) is 0 Å². The Morgan fingerprint density at radius 3 is 1.90 bits per heavy atom. The second-order valence-electron chi connectivity index (χ2n) is 3.96. The first-order valence-corrected chi connectivity index (χ1v) is 6.70. The quantitative estimate of drug-likeness (QED) is 0.416. The van der Waals surface area contributed by atoms with Crippen LogP contribution in [0, 0.1) is 0 Å². The maximum atomic E-state index is 12.0. The first-order valence-electron chi connectivity index (χ1n) is 6.70. The van der Waals surface area contributed by atoms with Crippen molar-refractivity contribution in [2.45, 2.75) is 27.2 Å². The lowest BCUT2D eigenvalue weighted by molar-refractivity contribution is -0.141. The highest BCUT2D eigenvalue weighted by molar-refractivity contribution is 6.06. The van der Waals surface area contributed by atoms with Crippen LogP contribution >= 0.6 is 0 Å². The standard InChI is InChI=1S/C15H20O5/c1-4-18-12-7-11(8-13(9-12)19-5-2)14(16)10-15(17)20-6-3/h7-9H,4-6,10H2,1-3H3. The summed E-state index contributed by atoms with van der Waals surface area (Å²) in [6.07, 6.45) is -0.283. The van der Waals surface area contributed by atoms with Gasteiger partial charge in [0.25, 0.3) is 0 Å². The van der Waals surface area contributed by atoms with E-state index in [-0.39, 0.29) is 18.8 Å². The van der Waals surface area contributed by atoms with Crippen molar-refractivity contribution in [2.75, 3.05) is 19.8 Å². The van der Waals surface area contributed by atoms with Crippen molar-refractivity contribution in [1.82, 2.24) is 0 Å². The molecule has 0 atom stereocenters. The van der Waals surface area contributed by atoms with E-state index >= 15 is 0 Å². The molecular formula is C15H20O5. The molecule has 0 saturated heterocycles. The summed E-state index contributed by atoms with van der Waals surface area (Å²) in [5, 5.41) is 0. The zero-order valence-electron chi connectivity index (χ0n) is 12.1. The SMILES string of the molecule is CCOC(=O)CC(=O)c1cc(OCC)cc(OCC)c1. The fourth-order valence-electron chi connectivity index (χ4n) is 1.68. The molecule has 0 bridgehead atoms. The fourth-order valence-corrected chi connectivity index (χ4v) is 1.68. The molecule has 5 nitrogen and oxygen atoms in total. The minimum absolute atomic E-state index is 0.259. The molecule has 0 aromatic heterocycles. The Balaban J connectivity index is 2.91. The lowest BCUT2D eigenvalue weighted by atomic mass is 10.1. The van der Waals surface area contributed by atoms with Crippen LogP contribution in [-0.2, 0) is 9.53 Å². The van der Waals surface area contributed by atoms with Crippen molar-refractivity contribution < 1.29 is 23.8 Å². The lowest BCUT2D eigenvalue weighted by Crippen LogP contribution is -2.11. The van der Waals surface area contributed by atoms with Crippen LogP contribution in [0.4, 0.5) is 0 Å². The number of ether oxygens (including phenoxy) is 3. The van der Waals surface area contributed by atoms with Crippen molar-refractivity contribution in [3.05, 3.63) is 23.8 Å². The number of rotatable bonds is 8. The van der Waals surface area contributed by atoms with Gasteiger partial charge in [-0.2, -0.15) is 0 Å². The molecule has 0 aliphatic rings. The van der Waals surface area contributed by atoms with Crippen LogP contribution in [0.25, 0.3) is 0 Å². The molecule has 0 amide bonds. The highest BCUT2D eigenvalue weighted by Crippen LogP contribution is 2.24. The molecule has 110 valence electrons. The van der Waals surface area contributed by atoms with Crippen molar-refractivity contribution in [3.63, 3.8) is 0 Å². The summed E-state index contributed by atoms with van der Waals surface area (Å²) in [6, 6.07) is 4.93. The second kappa shape index (κ2) is 8.19. The average Bonchev–Trinajstić information content (AvgIpc) is 2.39. The van der Waals surface area contributed by atoms with Gasteiger partial charge < -0.3 is 14.2 Å². The molecule has 0 fully saturated rings. The van der Waals surface area contributed by atoms with Gasteiger partial charge in [-0.25, -0.2) is 0 Å². The number of carbonyl (C=O) groups is 2. The number of ketones is 1. The predicted octanol–water partition coefficient (Wildman–Crippen LogP) is 2.62. The molecule has 0 saturated carbocycles. The molecular weight excluding hydrogens is 260 g/mol. The highest BCUT2D eigenvalue weighted by atomic mass is 16.5. The van der Waals surface area contributed by atoms with Crippen molar-refractivity contribution in [3.8, 4) is 11.5 Å². The van der Waals surface area contributed by atoms with Crippen LogP contribution in [0.15, 0.2) is 18.2 Å². The Labute approximate surface area is 118 Å². The zero-order valence-corrected chi connectivity index (χ0v) is 12.1. The summed E-state index contributed by atoms with van der Waals surface area (Å²) in [5.74, 6) is 0.250. The third-order valence-corrected chi connectivity index (χ3v) is 2.43. The summed E-state index contributed by atoms with van der Waals surface area (Å²) in [5.41, 5.74) is 0.382. The summed E-state index contributed by atoms with van der Waals surface area (Å²) in [4.78, 5) is 23.4. The highest BCUT2D eigenvalue weighted by Gasteiger charge is 2.15. The van der Waals surface area contributed by atoms with Crippen LogP contribution in [-0.4, -0.2) is 31.6 Å². The van der Waals surface area contributed by atoms with E-state index in [4.69, 9.17) is 14.2 Å². The molecule has 0 unspecified atom stereocenters. The van der Waals surface area contributed by atoms with Gasteiger partial charge in [0.1, 0.15) is 17.9 Å². The number of hydrogen-bond acceptors (Lipinski definition) is 5. The Kier molecular flexibility index (Phi) is 6.56. The van der Waals surface area contributed by atoms with Gasteiger partial charge in [-0.05, 0) is 32.9 Å². The van der Waals surface area contributed by atoms with Gasteiger partial charge in [-0.3, -0.25) is 9.59 Å². The Hall–Kier alpha value is -2.04. The fraction of sp³-hybridized carbons (Fsp3) is 0.467. The molecule has 5 heteroatoms. The Morgan fingerprint density at radius 1 is 0.900 bits per heavy atom. The third-order valence-electron chi connectivity index (χ3n) is 2.43. The van der Waals surface area contributed by atoms with E-state index in [2.05, 4.69) is 0 Å². The van der Waals surface area contributed by atoms with Crippen molar-refractivity contribution in [2.24, 2.45) is 0 Å². The molecule has 20 heavy (non-hydrogen) atoms. The summed E-state index contributed by atoms with van der Waals surface area (Å²) in [6.45, 7) is 6.64. The third kappa shape index (κ3) is 4.91. The number of esters is 1. The molecule has 0 N–H and O–H groups in total. The summed E-state index contributed by atoms with van der Waals surface area (Å²) < 4.78 is 15.5. The number of hydrogen-bond donors (Lipinski definition) is 0. The van der Waals surface area contributed by atoms with E-state index in [1.165, 1.54) is 0 Å². The first kappa shape index (κ1) is 16.0. The van der Waals surface area contributed by atoms with Gasteiger partial charge in [-0.1, -0.05) is 0 Å². The average molecular weight is 280 g/mol. The molecule has 0 heterocycles.